The molecule has 3 aliphatic rings. The number of ether oxygens (including phenoxy) is 1. The second-order valence-electron chi connectivity index (χ2n) is 13.8. The fraction of sp³-hybridized carbons (Fsp3) is 0.562. The van der Waals surface area contributed by atoms with Gasteiger partial charge >= 0.3 is 13.2 Å². The summed E-state index contributed by atoms with van der Waals surface area (Å²) < 4.78 is 17.3. The number of hydrogen-bond acceptors (Lipinski definition) is 7. The average Bonchev–Trinajstić information content (AvgIpc) is 3.26. The van der Waals surface area contributed by atoms with Crippen LogP contribution in [0.4, 0.5) is 4.79 Å². The molecule has 3 N–H and O–H groups in total. The van der Waals surface area contributed by atoms with Crippen molar-refractivity contribution in [2.24, 2.45) is 11.3 Å². The number of benzene rings is 2. The molecule has 1 aliphatic carbocycles. The normalized spacial score (nSPS) is 23.9. The molecule has 2 saturated heterocycles. The Hall–Kier alpha value is -2.92. The van der Waals surface area contributed by atoms with Crippen molar-refractivity contribution in [2.45, 2.75) is 90.3 Å². The van der Waals surface area contributed by atoms with Gasteiger partial charge in [0.05, 0.1) is 42.3 Å². The Morgan fingerprint density at radius 3 is 2.43 bits per heavy atom. The van der Waals surface area contributed by atoms with Crippen LogP contribution in [0.5, 0.6) is 0 Å². The second-order valence-corrected chi connectivity index (χ2v) is 13.8. The zero-order chi connectivity index (χ0) is 30.0. The Kier molecular flexibility index (Phi) is 7.20. The second kappa shape index (κ2) is 10.4. The Balaban J connectivity index is 1.23. The van der Waals surface area contributed by atoms with E-state index in [1.165, 1.54) is 7.11 Å². The van der Waals surface area contributed by atoms with Crippen LogP contribution in [0.3, 0.4) is 0 Å². The van der Waals surface area contributed by atoms with Gasteiger partial charge in [0.1, 0.15) is 12.1 Å². The molecule has 1 unspecified atom stereocenters. The highest BCUT2D eigenvalue weighted by Gasteiger charge is 2.55. The summed E-state index contributed by atoms with van der Waals surface area (Å²) in [7, 11) is 0.944. The highest BCUT2D eigenvalue weighted by molar-refractivity contribution is 6.62. The van der Waals surface area contributed by atoms with Crippen molar-refractivity contribution in [2.75, 3.05) is 13.7 Å². The van der Waals surface area contributed by atoms with Crippen LogP contribution in [0.15, 0.2) is 42.6 Å². The molecule has 3 atom stereocenters. The van der Waals surface area contributed by atoms with Crippen molar-refractivity contribution >= 4 is 29.4 Å². The number of aliphatic hydroxyl groups excluding tert-OH is 1. The molecule has 0 radical (unpaired) electrons. The number of hydrogen-bond donors (Lipinski definition) is 3. The van der Waals surface area contributed by atoms with E-state index < -0.39 is 25.5 Å². The highest BCUT2D eigenvalue weighted by atomic mass is 16.7. The van der Waals surface area contributed by atoms with Gasteiger partial charge in [-0.15, -0.1) is 0 Å². The lowest BCUT2D eigenvalue weighted by Gasteiger charge is -2.36. The van der Waals surface area contributed by atoms with E-state index in [1.807, 2.05) is 20.0 Å². The van der Waals surface area contributed by atoms with Crippen molar-refractivity contribution in [1.29, 1.82) is 0 Å². The fourth-order valence-electron chi connectivity index (χ4n) is 6.36. The number of likely N-dealkylation sites (tertiary alicyclic amines) is 1. The predicted molar refractivity (Wildman–Crippen MR) is 163 cm³/mol. The summed E-state index contributed by atoms with van der Waals surface area (Å²) in [5.74, 6) is 0.857. The van der Waals surface area contributed by atoms with Crippen LogP contribution in [0, 0.1) is 11.3 Å². The smallest absolute Gasteiger partial charge is 0.453 e. The van der Waals surface area contributed by atoms with Crippen LogP contribution in [-0.2, 0) is 14.0 Å². The first-order chi connectivity index (χ1) is 19.8. The van der Waals surface area contributed by atoms with E-state index >= 15 is 0 Å². The van der Waals surface area contributed by atoms with Crippen LogP contribution in [0.1, 0.15) is 72.7 Å². The molecule has 9 nitrogen and oxygen atoms in total. The van der Waals surface area contributed by atoms with Crippen molar-refractivity contribution in [3.63, 3.8) is 0 Å². The lowest BCUT2D eigenvalue weighted by Crippen LogP contribution is -2.54. The number of methoxy groups -OCH3 is 1. The first kappa shape index (κ1) is 29.2. The highest BCUT2D eigenvalue weighted by Crippen LogP contribution is 2.58. The van der Waals surface area contributed by atoms with Gasteiger partial charge in [-0.05, 0) is 80.6 Å². The third-order valence-electron chi connectivity index (χ3n) is 9.96. The summed E-state index contributed by atoms with van der Waals surface area (Å²) in [5.41, 5.74) is 2.43. The minimum absolute atomic E-state index is 0.0190. The number of amides is 1. The minimum Gasteiger partial charge on any atom is -0.453 e. The van der Waals surface area contributed by atoms with Gasteiger partial charge in [-0.25, -0.2) is 9.78 Å². The summed E-state index contributed by atoms with van der Waals surface area (Å²) in [4.78, 5) is 22.5. The molecule has 42 heavy (non-hydrogen) atoms. The lowest BCUT2D eigenvalue weighted by molar-refractivity contribution is -0.0457. The standard InChI is InChI=1S/C32H43BN4O5/c1-19(2)26(36-29(39)40-7)28(38)37-18-32(12-13-32)16-25(37)27-34-17-24(35-27)22-9-8-21-15-23(11-10-20(21)14-22)33-41-30(3,4)31(5,6)42-33/h8-11,14-15,17,19,25-26,28,38H,12-13,16,18H2,1-7H3,(H,34,35)(H,36,39)/t25-,26-,28?/m0/s1. The molecule has 1 saturated carbocycles. The summed E-state index contributed by atoms with van der Waals surface area (Å²) in [6.45, 7) is 13.0. The molecular weight excluding hydrogens is 531 g/mol. The number of carbonyl (C=O) groups is 1. The molecule has 2 aliphatic heterocycles. The molecular formula is C32H43BN4O5. The van der Waals surface area contributed by atoms with Crippen molar-refractivity contribution in [1.82, 2.24) is 20.2 Å². The number of aliphatic hydroxyl groups is 1. The molecule has 2 aromatic carbocycles. The van der Waals surface area contributed by atoms with Crippen molar-refractivity contribution in [3.8, 4) is 11.3 Å². The molecule has 224 valence electrons. The van der Waals surface area contributed by atoms with E-state index in [1.54, 1.807) is 0 Å². The zero-order valence-electron chi connectivity index (χ0n) is 25.7. The maximum Gasteiger partial charge on any atom is 0.494 e. The van der Waals surface area contributed by atoms with E-state index in [-0.39, 0.29) is 28.6 Å². The van der Waals surface area contributed by atoms with Gasteiger partial charge in [-0.3, -0.25) is 4.90 Å². The molecule has 3 heterocycles. The summed E-state index contributed by atoms with van der Waals surface area (Å²) in [5, 5.41) is 16.6. The van der Waals surface area contributed by atoms with E-state index in [0.29, 0.717) is 0 Å². The average molecular weight is 575 g/mol. The summed E-state index contributed by atoms with van der Waals surface area (Å²) in [6, 6.07) is 12.2. The molecule has 3 aromatic rings. The van der Waals surface area contributed by atoms with Gasteiger partial charge in [0, 0.05) is 12.1 Å². The number of imidazole rings is 1. The van der Waals surface area contributed by atoms with Crippen LogP contribution in [0.25, 0.3) is 22.0 Å². The molecule has 10 heteroatoms. The van der Waals surface area contributed by atoms with E-state index in [9.17, 15) is 9.90 Å². The third-order valence-corrected chi connectivity index (χ3v) is 9.96. The SMILES string of the molecule is COC(=O)N[C@@H](C(C)C)C(O)N1CC2(CC2)C[C@H]1c1ncc(-c2ccc3cc(B4OC(C)(C)C(C)(C)O4)ccc3c2)[nH]1. The topological polar surface area (TPSA) is 109 Å². The van der Waals surface area contributed by atoms with E-state index in [4.69, 9.17) is 19.0 Å². The molecule has 1 aromatic heterocycles. The molecule has 3 fully saturated rings. The quantitative estimate of drug-likeness (QED) is 0.350. The Labute approximate surface area is 248 Å². The van der Waals surface area contributed by atoms with Crippen LogP contribution in [0.2, 0.25) is 0 Å². The molecule has 6 rings (SSSR count). The van der Waals surface area contributed by atoms with Gasteiger partial charge in [0.2, 0.25) is 0 Å². The number of H-pyrrole nitrogens is 1. The van der Waals surface area contributed by atoms with Gasteiger partial charge in [0.25, 0.3) is 0 Å². The largest absolute Gasteiger partial charge is 0.494 e. The Morgan fingerprint density at radius 2 is 1.79 bits per heavy atom. The van der Waals surface area contributed by atoms with Crippen LogP contribution < -0.4 is 10.8 Å². The first-order valence-corrected chi connectivity index (χ1v) is 15.0. The van der Waals surface area contributed by atoms with E-state index in [2.05, 4.69) is 79.3 Å². The lowest BCUT2D eigenvalue weighted by atomic mass is 9.78. The predicted octanol–water partition coefficient (Wildman–Crippen LogP) is 4.76. The maximum absolute atomic E-state index is 12.0. The first-order valence-electron chi connectivity index (χ1n) is 15.0. The van der Waals surface area contributed by atoms with Gasteiger partial charge in [-0.1, -0.05) is 44.2 Å². The van der Waals surface area contributed by atoms with Gasteiger partial charge < -0.3 is 29.5 Å². The van der Waals surface area contributed by atoms with E-state index in [0.717, 1.165) is 59.1 Å². The minimum atomic E-state index is -0.860. The van der Waals surface area contributed by atoms with Gasteiger partial charge in [-0.2, -0.15) is 0 Å². The number of nitrogens with one attached hydrogen (secondary N) is 2. The summed E-state index contributed by atoms with van der Waals surface area (Å²) in [6.07, 6.45) is 3.71. The van der Waals surface area contributed by atoms with Crippen LogP contribution in [-0.4, -0.2) is 70.3 Å². The summed E-state index contributed by atoms with van der Waals surface area (Å²) >= 11 is 0. The van der Waals surface area contributed by atoms with Crippen molar-refractivity contribution < 1.29 is 23.9 Å². The van der Waals surface area contributed by atoms with Crippen LogP contribution >= 0.6 is 0 Å². The Morgan fingerprint density at radius 1 is 1.12 bits per heavy atom. The number of alkyl carbamates (subject to hydrolysis) is 1. The maximum atomic E-state index is 12.0. The number of fused-ring (bicyclic) bond motifs is 1. The number of nitrogens with zero attached hydrogens (tertiary/aromatic N) is 2. The number of rotatable bonds is 7. The zero-order valence-corrected chi connectivity index (χ0v) is 25.7. The molecule has 1 amide bonds. The monoisotopic (exact) mass is 574 g/mol. The third kappa shape index (κ3) is 5.23. The molecule has 1 spiro atoms. The Bertz CT molecular complexity index is 1470. The van der Waals surface area contributed by atoms with Gasteiger partial charge in [0.15, 0.2) is 0 Å². The molecule has 0 bridgehead atoms. The number of aromatic amines is 1. The number of aromatic nitrogens is 2. The fourth-order valence-corrected chi connectivity index (χ4v) is 6.36. The van der Waals surface area contributed by atoms with Crippen molar-refractivity contribution in [3.05, 3.63) is 48.4 Å². The number of carbonyl (C=O) groups excluding carboxylic acids is 1.